The number of aryl methyl sites for hydroxylation is 1. The third-order valence-electron chi connectivity index (χ3n) is 2.96. The lowest BCUT2D eigenvalue weighted by atomic mass is 10.1. The first-order valence-electron chi connectivity index (χ1n) is 6.26. The Balaban J connectivity index is 2.17. The molecule has 0 unspecified atom stereocenters. The van der Waals surface area contributed by atoms with Crippen molar-refractivity contribution in [1.29, 1.82) is 0 Å². The number of hydrogen-bond donors (Lipinski definition) is 1. The first kappa shape index (κ1) is 13.9. The fourth-order valence-electron chi connectivity index (χ4n) is 1.82. The molecule has 0 saturated carbocycles. The van der Waals surface area contributed by atoms with Crippen molar-refractivity contribution < 1.29 is 14.6 Å². The molecule has 20 heavy (non-hydrogen) atoms. The predicted molar refractivity (Wildman–Crippen MR) is 79.2 cm³/mol. The smallest absolute Gasteiger partial charge is 0.189 e. The highest BCUT2D eigenvalue weighted by Crippen LogP contribution is 2.20. The molecule has 102 valence electrons. The van der Waals surface area contributed by atoms with E-state index in [1.807, 2.05) is 31.2 Å². The summed E-state index contributed by atoms with van der Waals surface area (Å²) in [4.78, 5) is 12.0. The Labute approximate surface area is 118 Å². The summed E-state index contributed by atoms with van der Waals surface area (Å²) in [5, 5.41) is 9.70. The standard InChI is InChI=1S/C17H16O3/c1-12-3-9-16(18)15(11-12)17(19)10-6-13-4-7-14(20-2)8-5-13/h3-11,18H,1-2H3. The van der Waals surface area contributed by atoms with E-state index in [-0.39, 0.29) is 11.5 Å². The quantitative estimate of drug-likeness (QED) is 0.680. The normalized spacial score (nSPS) is 10.7. The molecule has 0 saturated heterocycles. The minimum atomic E-state index is -0.220. The van der Waals surface area contributed by atoms with Gasteiger partial charge in [-0.15, -0.1) is 0 Å². The van der Waals surface area contributed by atoms with Crippen LogP contribution in [0.1, 0.15) is 21.5 Å². The van der Waals surface area contributed by atoms with Crippen LogP contribution in [0, 0.1) is 6.92 Å². The summed E-state index contributed by atoms with van der Waals surface area (Å²) < 4.78 is 5.07. The van der Waals surface area contributed by atoms with Gasteiger partial charge in [-0.2, -0.15) is 0 Å². The summed E-state index contributed by atoms with van der Waals surface area (Å²) in [6.45, 7) is 1.88. The molecule has 0 aliphatic heterocycles. The summed E-state index contributed by atoms with van der Waals surface area (Å²) in [7, 11) is 1.61. The number of methoxy groups -OCH3 is 1. The van der Waals surface area contributed by atoms with E-state index in [9.17, 15) is 9.90 Å². The van der Waals surface area contributed by atoms with Crippen molar-refractivity contribution in [2.24, 2.45) is 0 Å². The van der Waals surface area contributed by atoms with Crippen LogP contribution in [0.3, 0.4) is 0 Å². The van der Waals surface area contributed by atoms with Gasteiger partial charge in [0.25, 0.3) is 0 Å². The second-order valence-corrected chi connectivity index (χ2v) is 4.49. The molecule has 0 aromatic heterocycles. The van der Waals surface area contributed by atoms with Crippen molar-refractivity contribution in [3.05, 3.63) is 65.2 Å². The summed E-state index contributed by atoms with van der Waals surface area (Å²) in [6, 6.07) is 12.3. The van der Waals surface area contributed by atoms with E-state index in [0.29, 0.717) is 5.56 Å². The lowest BCUT2D eigenvalue weighted by molar-refractivity contribution is 0.104. The molecule has 0 heterocycles. The summed E-state index contributed by atoms with van der Waals surface area (Å²) in [5.74, 6) is 0.548. The average molecular weight is 268 g/mol. The highest BCUT2D eigenvalue weighted by molar-refractivity contribution is 6.08. The van der Waals surface area contributed by atoms with Crippen LogP contribution in [0.2, 0.25) is 0 Å². The maximum Gasteiger partial charge on any atom is 0.189 e. The lowest BCUT2D eigenvalue weighted by Crippen LogP contribution is -1.95. The number of carbonyl (C=O) groups is 1. The summed E-state index contributed by atoms with van der Waals surface area (Å²) in [6.07, 6.45) is 3.17. The molecule has 0 bridgehead atoms. The Kier molecular flexibility index (Phi) is 4.20. The van der Waals surface area contributed by atoms with E-state index in [1.54, 1.807) is 25.3 Å². The van der Waals surface area contributed by atoms with Crippen LogP contribution in [0.5, 0.6) is 11.5 Å². The molecule has 0 radical (unpaired) electrons. The summed E-state index contributed by atoms with van der Waals surface area (Å²) in [5.41, 5.74) is 2.14. The second kappa shape index (κ2) is 6.06. The molecule has 0 spiro atoms. The van der Waals surface area contributed by atoms with Crippen molar-refractivity contribution in [2.45, 2.75) is 6.92 Å². The van der Waals surface area contributed by atoms with Gasteiger partial charge in [-0.25, -0.2) is 0 Å². The van der Waals surface area contributed by atoms with Crippen molar-refractivity contribution in [3.63, 3.8) is 0 Å². The fourth-order valence-corrected chi connectivity index (χ4v) is 1.82. The van der Waals surface area contributed by atoms with Crippen LogP contribution in [-0.2, 0) is 0 Å². The number of ketones is 1. The number of aromatic hydroxyl groups is 1. The molecule has 2 aromatic carbocycles. The van der Waals surface area contributed by atoms with Crippen molar-refractivity contribution >= 4 is 11.9 Å². The third-order valence-corrected chi connectivity index (χ3v) is 2.96. The third kappa shape index (κ3) is 3.26. The number of hydrogen-bond acceptors (Lipinski definition) is 3. The van der Waals surface area contributed by atoms with Gasteiger partial charge in [0, 0.05) is 0 Å². The molecule has 1 N–H and O–H groups in total. The van der Waals surface area contributed by atoms with Crippen LogP contribution < -0.4 is 4.74 Å². The Hall–Kier alpha value is -2.55. The van der Waals surface area contributed by atoms with Gasteiger partial charge in [0.15, 0.2) is 5.78 Å². The highest BCUT2D eigenvalue weighted by Gasteiger charge is 2.07. The Bertz CT molecular complexity index is 640. The van der Waals surface area contributed by atoms with Gasteiger partial charge in [0.2, 0.25) is 0 Å². The van der Waals surface area contributed by atoms with Crippen LogP contribution in [0.15, 0.2) is 48.5 Å². The molecule has 0 atom stereocenters. The molecule has 2 aromatic rings. The Morgan fingerprint density at radius 2 is 1.85 bits per heavy atom. The first-order chi connectivity index (χ1) is 9.60. The second-order valence-electron chi connectivity index (χ2n) is 4.49. The topological polar surface area (TPSA) is 46.5 Å². The van der Waals surface area contributed by atoms with Crippen LogP contribution in [0.25, 0.3) is 6.08 Å². The molecule has 3 heteroatoms. The Morgan fingerprint density at radius 3 is 2.50 bits per heavy atom. The monoisotopic (exact) mass is 268 g/mol. The minimum Gasteiger partial charge on any atom is -0.507 e. The van der Waals surface area contributed by atoms with E-state index in [0.717, 1.165) is 16.9 Å². The van der Waals surface area contributed by atoms with Crippen LogP contribution in [0.4, 0.5) is 0 Å². The van der Waals surface area contributed by atoms with Gasteiger partial charge in [0.05, 0.1) is 12.7 Å². The van der Waals surface area contributed by atoms with Crippen LogP contribution in [-0.4, -0.2) is 18.0 Å². The largest absolute Gasteiger partial charge is 0.507 e. The van der Waals surface area contributed by atoms with Crippen molar-refractivity contribution in [3.8, 4) is 11.5 Å². The van der Waals surface area contributed by atoms with Crippen molar-refractivity contribution in [2.75, 3.05) is 7.11 Å². The summed E-state index contributed by atoms with van der Waals surface area (Å²) >= 11 is 0. The zero-order chi connectivity index (χ0) is 14.5. The number of carbonyl (C=O) groups excluding carboxylic acids is 1. The van der Waals surface area contributed by atoms with E-state index in [2.05, 4.69) is 0 Å². The number of allylic oxidation sites excluding steroid dienone is 1. The number of ether oxygens (including phenoxy) is 1. The predicted octanol–water partition coefficient (Wildman–Crippen LogP) is 3.61. The minimum absolute atomic E-state index is 0.0000177. The fraction of sp³-hybridized carbons (Fsp3) is 0.118. The molecule has 0 aliphatic rings. The molecule has 0 fully saturated rings. The number of phenols is 1. The van der Waals surface area contributed by atoms with Gasteiger partial charge in [-0.1, -0.05) is 29.8 Å². The number of phenolic OH excluding ortho intramolecular Hbond substituents is 1. The first-order valence-corrected chi connectivity index (χ1v) is 6.26. The van der Waals surface area contributed by atoms with Gasteiger partial charge in [-0.3, -0.25) is 4.79 Å². The SMILES string of the molecule is COc1ccc(C=CC(=O)c2cc(C)ccc2O)cc1. The number of benzene rings is 2. The zero-order valence-corrected chi connectivity index (χ0v) is 11.5. The molecular weight excluding hydrogens is 252 g/mol. The molecule has 0 amide bonds. The maximum atomic E-state index is 12.0. The Morgan fingerprint density at radius 1 is 1.15 bits per heavy atom. The van der Waals surface area contributed by atoms with E-state index in [4.69, 9.17) is 4.74 Å². The number of rotatable bonds is 4. The van der Waals surface area contributed by atoms with E-state index < -0.39 is 0 Å². The van der Waals surface area contributed by atoms with E-state index >= 15 is 0 Å². The van der Waals surface area contributed by atoms with Gasteiger partial charge < -0.3 is 9.84 Å². The van der Waals surface area contributed by atoms with Crippen LogP contribution >= 0.6 is 0 Å². The van der Waals surface area contributed by atoms with Gasteiger partial charge >= 0.3 is 0 Å². The van der Waals surface area contributed by atoms with Gasteiger partial charge in [-0.05, 0) is 42.8 Å². The molecule has 2 rings (SSSR count). The average Bonchev–Trinajstić information content (AvgIpc) is 2.47. The van der Waals surface area contributed by atoms with E-state index in [1.165, 1.54) is 12.1 Å². The lowest BCUT2D eigenvalue weighted by Gasteiger charge is -2.02. The zero-order valence-electron chi connectivity index (χ0n) is 11.5. The highest BCUT2D eigenvalue weighted by atomic mass is 16.5. The van der Waals surface area contributed by atoms with Gasteiger partial charge in [0.1, 0.15) is 11.5 Å². The van der Waals surface area contributed by atoms with Crippen molar-refractivity contribution in [1.82, 2.24) is 0 Å². The maximum absolute atomic E-state index is 12.0. The molecule has 0 aliphatic carbocycles. The molecule has 3 nitrogen and oxygen atoms in total. The molecular formula is C17H16O3.